The summed E-state index contributed by atoms with van der Waals surface area (Å²) < 4.78 is 34.9. The number of ether oxygens (including phenoxy) is 2. The van der Waals surface area contributed by atoms with Gasteiger partial charge in [-0.3, -0.25) is 4.99 Å². The maximum Gasteiger partial charge on any atom is 0.387 e. The molecule has 1 aromatic rings. The van der Waals surface area contributed by atoms with Crippen LogP contribution in [0.4, 0.5) is 8.78 Å². The largest absolute Gasteiger partial charge is 0.434 e. The van der Waals surface area contributed by atoms with Crippen LogP contribution in [0, 0.1) is 5.92 Å². The van der Waals surface area contributed by atoms with Gasteiger partial charge in [0.1, 0.15) is 5.75 Å². The molecule has 1 aliphatic carbocycles. The van der Waals surface area contributed by atoms with E-state index in [1.807, 2.05) is 0 Å². The first kappa shape index (κ1) is 22.2. The van der Waals surface area contributed by atoms with E-state index < -0.39 is 6.61 Å². The lowest BCUT2D eigenvalue weighted by molar-refractivity contribution is -0.0504. The summed E-state index contributed by atoms with van der Waals surface area (Å²) in [6.45, 7) is -0.613. The van der Waals surface area contributed by atoms with Gasteiger partial charge in [-0.05, 0) is 37.0 Å². The molecule has 0 aliphatic heterocycles. The summed E-state index contributed by atoms with van der Waals surface area (Å²) >= 11 is 5.92. The van der Waals surface area contributed by atoms with Gasteiger partial charge in [-0.2, -0.15) is 8.78 Å². The molecule has 1 aliphatic rings. The Labute approximate surface area is 168 Å². The Bertz CT molecular complexity index is 560. The van der Waals surface area contributed by atoms with Gasteiger partial charge in [0.05, 0.1) is 6.61 Å². The van der Waals surface area contributed by atoms with Gasteiger partial charge < -0.3 is 20.1 Å². The molecule has 2 rings (SSSR count). The zero-order chi connectivity index (χ0) is 17.4. The Morgan fingerprint density at radius 2 is 2.12 bits per heavy atom. The summed E-state index contributed by atoms with van der Waals surface area (Å²) in [6, 6.07) is 4.51. The molecule has 0 atom stereocenters. The van der Waals surface area contributed by atoms with Gasteiger partial charge in [0.2, 0.25) is 0 Å². The smallest absolute Gasteiger partial charge is 0.387 e. The van der Waals surface area contributed by atoms with E-state index >= 15 is 0 Å². The SMILES string of the molecule is CN=C(NCCOCC1CC1)NCc1cc(Cl)ccc1OC(F)F.I. The van der Waals surface area contributed by atoms with E-state index in [1.165, 1.54) is 25.0 Å². The summed E-state index contributed by atoms with van der Waals surface area (Å²) in [5, 5.41) is 6.59. The van der Waals surface area contributed by atoms with Gasteiger partial charge in [0.25, 0.3) is 0 Å². The summed E-state index contributed by atoms with van der Waals surface area (Å²) in [5.41, 5.74) is 0.524. The van der Waals surface area contributed by atoms with Gasteiger partial charge >= 0.3 is 6.61 Å². The molecule has 9 heteroatoms. The highest BCUT2D eigenvalue weighted by Gasteiger charge is 2.20. The van der Waals surface area contributed by atoms with Crippen molar-refractivity contribution in [2.75, 3.05) is 26.8 Å². The molecule has 0 bridgehead atoms. The van der Waals surface area contributed by atoms with Crippen LogP contribution in [-0.2, 0) is 11.3 Å². The predicted octanol–water partition coefficient (Wildman–Crippen LogP) is 3.65. The van der Waals surface area contributed by atoms with Gasteiger partial charge in [0, 0.05) is 37.3 Å². The van der Waals surface area contributed by atoms with Crippen molar-refractivity contribution in [2.24, 2.45) is 10.9 Å². The number of nitrogens with zero attached hydrogens (tertiary/aromatic N) is 1. The fraction of sp³-hybridized carbons (Fsp3) is 0.562. The Morgan fingerprint density at radius 1 is 1.36 bits per heavy atom. The first-order chi connectivity index (χ1) is 11.6. The van der Waals surface area contributed by atoms with E-state index in [1.54, 1.807) is 13.1 Å². The summed E-state index contributed by atoms with van der Waals surface area (Å²) in [5.74, 6) is 1.37. The second-order valence-electron chi connectivity index (χ2n) is 5.50. The number of guanidine groups is 1. The van der Waals surface area contributed by atoms with Gasteiger partial charge in [-0.25, -0.2) is 0 Å². The molecule has 1 saturated carbocycles. The predicted molar refractivity (Wildman–Crippen MR) is 105 cm³/mol. The number of benzene rings is 1. The Morgan fingerprint density at radius 3 is 2.76 bits per heavy atom. The molecule has 1 aromatic carbocycles. The lowest BCUT2D eigenvalue weighted by Gasteiger charge is -2.15. The van der Waals surface area contributed by atoms with Gasteiger partial charge in [0.15, 0.2) is 5.96 Å². The molecule has 25 heavy (non-hydrogen) atoms. The van der Waals surface area contributed by atoms with E-state index in [9.17, 15) is 8.78 Å². The van der Waals surface area contributed by atoms with Crippen LogP contribution in [0.5, 0.6) is 5.75 Å². The van der Waals surface area contributed by atoms with E-state index in [0.717, 1.165) is 12.5 Å². The van der Waals surface area contributed by atoms with Gasteiger partial charge in [-0.1, -0.05) is 11.6 Å². The minimum absolute atomic E-state index is 0. The van der Waals surface area contributed by atoms with E-state index in [0.29, 0.717) is 29.7 Å². The van der Waals surface area contributed by atoms with Crippen LogP contribution in [0.3, 0.4) is 0 Å². The third-order valence-electron chi connectivity index (χ3n) is 3.50. The normalized spacial score (nSPS) is 14.2. The lowest BCUT2D eigenvalue weighted by Crippen LogP contribution is -2.38. The Balaban J connectivity index is 0.00000312. The van der Waals surface area contributed by atoms with E-state index in [-0.39, 0.29) is 36.3 Å². The molecular weight excluding hydrogens is 467 g/mol. The van der Waals surface area contributed by atoms with Crippen molar-refractivity contribution in [3.63, 3.8) is 0 Å². The fourth-order valence-electron chi connectivity index (χ4n) is 2.07. The van der Waals surface area contributed by atoms with Crippen LogP contribution in [0.2, 0.25) is 5.02 Å². The summed E-state index contributed by atoms with van der Waals surface area (Å²) in [6.07, 6.45) is 2.53. The van der Waals surface area contributed by atoms with E-state index in [2.05, 4.69) is 20.4 Å². The molecule has 5 nitrogen and oxygen atoms in total. The van der Waals surface area contributed by atoms with Crippen molar-refractivity contribution in [1.82, 2.24) is 10.6 Å². The molecule has 0 amide bonds. The number of rotatable bonds is 9. The van der Waals surface area contributed by atoms with Crippen molar-refractivity contribution in [3.8, 4) is 5.75 Å². The summed E-state index contributed by atoms with van der Waals surface area (Å²) in [7, 11) is 1.63. The number of alkyl halides is 2. The standard InChI is InChI=1S/C16H22ClF2N3O2.HI/c1-20-16(21-6-7-23-10-11-2-3-11)22-9-12-8-13(17)4-5-14(12)24-15(18)19;/h4-5,8,11,15H,2-3,6-7,9-10H2,1H3,(H2,20,21,22);1H. The molecular formula is C16H23ClF2IN3O2. The zero-order valence-corrected chi connectivity index (χ0v) is 17.0. The second-order valence-corrected chi connectivity index (χ2v) is 5.94. The number of halogens is 4. The number of hydrogen-bond donors (Lipinski definition) is 2. The van der Waals surface area contributed by atoms with Crippen LogP contribution < -0.4 is 15.4 Å². The van der Waals surface area contributed by atoms with Crippen LogP contribution in [0.25, 0.3) is 0 Å². The first-order valence-electron chi connectivity index (χ1n) is 7.84. The molecule has 0 spiro atoms. The average Bonchev–Trinajstić information content (AvgIpc) is 3.36. The van der Waals surface area contributed by atoms with Crippen LogP contribution in [0.1, 0.15) is 18.4 Å². The number of hydrogen-bond acceptors (Lipinski definition) is 3. The van der Waals surface area contributed by atoms with Crippen molar-refractivity contribution >= 4 is 41.5 Å². The number of aliphatic imine (C=N–C) groups is 1. The minimum Gasteiger partial charge on any atom is -0.434 e. The highest BCUT2D eigenvalue weighted by molar-refractivity contribution is 14.0. The molecule has 142 valence electrons. The molecule has 1 fully saturated rings. The maximum absolute atomic E-state index is 12.4. The van der Waals surface area contributed by atoms with E-state index in [4.69, 9.17) is 16.3 Å². The zero-order valence-electron chi connectivity index (χ0n) is 13.9. The topological polar surface area (TPSA) is 54.9 Å². The minimum atomic E-state index is -2.88. The van der Waals surface area contributed by atoms with Crippen molar-refractivity contribution in [2.45, 2.75) is 26.0 Å². The molecule has 0 radical (unpaired) electrons. The average molecular weight is 490 g/mol. The maximum atomic E-state index is 12.4. The quantitative estimate of drug-likeness (QED) is 0.241. The van der Waals surface area contributed by atoms with Crippen LogP contribution in [-0.4, -0.2) is 39.4 Å². The van der Waals surface area contributed by atoms with Crippen LogP contribution in [0.15, 0.2) is 23.2 Å². The Kier molecular flexibility index (Phi) is 10.4. The number of nitrogens with one attached hydrogen (secondary N) is 2. The molecule has 0 heterocycles. The highest BCUT2D eigenvalue weighted by Crippen LogP contribution is 2.28. The van der Waals surface area contributed by atoms with Gasteiger partial charge in [-0.15, -0.1) is 24.0 Å². The molecule has 0 aromatic heterocycles. The summed E-state index contributed by atoms with van der Waals surface area (Å²) in [4.78, 5) is 4.08. The third-order valence-corrected chi connectivity index (χ3v) is 3.73. The molecule has 2 N–H and O–H groups in total. The third kappa shape index (κ3) is 8.87. The first-order valence-corrected chi connectivity index (χ1v) is 8.21. The second kappa shape index (κ2) is 11.7. The Hall–Kier alpha value is -0.870. The van der Waals surface area contributed by atoms with Crippen molar-refractivity contribution in [1.29, 1.82) is 0 Å². The lowest BCUT2D eigenvalue weighted by atomic mass is 10.2. The molecule has 0 unspecified atom stereocenters. The molecule has 0 saturated heterocycles. The van der Waals surface area contributed by atoms with Crippen molar-refractivity contribution in [3.05, 3.63) is 28.8 Å². The monoisotopic (exact) mass is 489 g/mol. The fourth-order valence-corrected chi connectivity index (χ4v) is 2.27. The highest BCUT2D eigenvalue weighted by atomic mass is 127. The van der Waals surface area contributed by atoms with Crippen molar-refractivity contribution < 1.29 is 18.3 Å². The van der Waals surface area contributed by atoms with Crippen LogP contribution >= 0.6 is 35.6 Å².